The highest BCUT2D eigenvalue weighted by molar-refractivity contribution is 6.42. The lowest BCUT2D eigenvalue weighted by Gasteiger charge is -2.16. The van der Waals surface area contributed by atoms with Crippen molar-refractivity contribution in [3.05, 3.63) is 57.6 Å². The van der Waals surface area contributed by atoms with Crippen molar-refractivity contribution in [2.45, 2.75) is 13.0 Å². The fourth-order valence-electron chi connectivity index (χ4n) is 2.08. The molecular weight excluding hydrogens is 363 g/mol. The molecule has 2 rings (SSSR count). The van der Waals surface area contributed by atoms with Crippen molar-refractivity contribution in [3.63, 3.8) is 0 Å². The van der Waals surface area contributed by atoms with Gasteiger partial charge in [0.1, 0.15) is 29.6 Å². The number of Topliss-reactive ketones (excluding diaryl/α,β-unsaturated/α-hetero) is 1. The number of nitrogens with zero attached hydrogens (tertiary/aromatic N) is 1. The van der Waals surface area contributed by atoms with Gasteiger partial charge in [0.05, 0.1) is 16.3 Å². The Balaban J connectivity index is 1.97. The van der Waals surface area contributed by atoms with Crippen LogP contribution in [0.2, 0.25) is 10.0 Å². The van der Waals surface area contributed by atoms with Crippen molar-refractivity contribution < 1.29 is 14.6 Å². The van der Waals surface area contributed by atoms with Crippen LogP contribution in [0.25, 0.3) is 0 Å². The van der Waals surface area contributed by atoms with Crippen LogP contribution in [0.4, 0.5) is 5.69 Å². The van der Waals surface area contributed by atoms with E-state index in [2.05, 4.69) is 5.32 Å². The minimum Gasteiger partial charge on any atom is -0.489 e. The number of ketones is 1. The number of hydrogen-bond acceptors (Lipinski definition) is 5. The van der Waals surface area contributed by atoms with Crippen LogP contribution in [0.15, 0.2) is 36.4 Å². The summed E-state index contributed by atoms with van der Waals surface area (Å²) in [5.74, 6) is 0.275. The van der Waals surface area contributed by atoms with E-state index in [0.29, 0.717) is 27.6 Å². The SMILES string of the molecule is CC(=O)c1ccc(C#N)c(NCC(O)COc2cccc(Cl)c2Cl)c1. The molecule has 0 radical (unpaired) electrons. The van der Waals surface area contributed by atoms with E-state index < -0.39 is 6.10 Å². The molecule has 2 N–H and O–H groups in total. The van der Waals surface area contributed by atoms with Crippen LogP contribution in [0.1, 0.15) is 22.8 Å². The van der Waals surface area contributed by atoms with E-state index >= 15 is 0 Å². The number of anilines is 1. The molecule has 25 heavy (non-hydrogen) atoms. The van der Waals surface area contributed by atoms with Gasteiger partial charge < -0.3 is 15.2 Å². The summed E-state index contributed by atoms with van der Waals surface area (Å²) >= 11 is 11.9. The summed E-state index contributed by atoms with van der Waals surface area (Å²) in [6, 6.07) is 11.8. The number of ether oxygens (including phenoxy) is 1. The van der Waals surface area contributed by atoms with Crippen molar-refractivity contribution in [2.75, 3.05) is 18.5 Å². The zero-order valence-corrected chi connectivity index (χ0v) is 14.9. The zero-order valence-electron chi connectivity index (χ0n) is 13.4. The Morgan fingerprint density at radius 3 is 2.80 bits per heavy atom. The summed E-state index contributed by atoms with van der Waals surface area (Å²) in [4.78, 5) is 11.5. The quantitative estimate of drug-likeness (QED) is 0.713. The summed E-state index contributed by atoms with van der Waals surface area (Å²) in [6.45, 7) is 1.57. The molecule has 0 bridgehead atoms. The van der Waals surface area contributed by atoms with E-state index in [9.17, 15) is 9.90 Å². The molecule has 0 heterocycles. The molecular formula is C18H16Cl2N2O3. The highest BCUT2D eigenvalue weighted by Crippen LogP contribution is 2.31. The maximum Gasteiger partial charge on any atom is 0.159 e. The van der Waals surface area contributed by atoms with Gasteiger partial charge in [-0.3, -0.25) is 4.79 Å². The molecule has 0 aliphatic heterocycles. The first kappa shape index (κ1) is 19.1. The minimum atomic E-state index is -0.859. The maximum absolute atomic E-state index is 11.5. The van der Waals surface area contributed by atoms with E-state index in [1.165, 1.54) is 6.92 Å². The Bertz CT molecular complexity index is 818. The topological polar surface area (TPSA) is 82.4 Å². The lowest BCUT2D eigenvalue weighted by Crippen LogP contribution is -2.26. The van der Waals surface area contributed by atoms with E-state index in [0.717, 1.165) is 0 Å². The van der Waals surface area contributed by atoms with Crippen LogP contribution in [0.5, 0.6) is 5.75 Å². The molecule has 0 saturated carbocycles. The molecule has 1 unspecified atom stereocenters. The van der Waals surface area contributed by atoms with Gasteiger partial charge in [0.2, 0.25) is 0 Å². The summed E-state index contributed by atoms with van der Waals surface area (Å²) in [6.07, 6.45) is -0.859. The second kappa shape index (κ2) is 8.72. The number of aliphatic hydroxyl groups is 1. The van der Waals surface area contributed by atoms with Crippen molar-refractivity contribution in [1.29, 1.82) is 5.26 Å². The fraction of sp³-hybridized carbons (Fsp3) is 0.222. The average molecular weight is 379 g/mol. The monoisotopic (exact) mass is 378 g/mol. The third-order valence-electron chi connectivity index (χ3n) is 3.42. The smallest absolute Gasteiger partial charge is 0.159 e. The maximum atomic E-state index is 11.5. The Morgan fingerprint density at radius 1 is 1.36 bits per heavy atom. The molecule has 0 amide bonds. The van der Waals surface area contributed by atoms with Gasteiger partial charge in [-0.15, -0.1) is 0 Å². The molecule has 130 valence electrons. The molecule has 1 atom stereocenters. The molecule has 0 saturated heterocycles. The van der Waals surface area contributed by atoms with E-state index in [-0.39, 0.29) is 24.0 Å². The average Bonchev–Trinajstić information content (AvgIpc) is 2.60. The van der Waals surface area contributed by atoms with Crippen LogP contribution >= 0.6 is 23.2 Å². The zero-order chi connectivity index (χ0) is 18.4. The van der Waals surface area contributed by atoms with Crippen molar-refractivity contribution in [2.24, 2.45) is 0 Å². The van der Waals surface area contributed by atoms with Crippen LogP contribution in [-0.4, -0.2) is 30.1 Å². The van der Waals surface area contributed by atoms with Gasteiger partial charge in [-0.05, 0) is 37.3 Å². The van der Waals surface area contributed by atoms with Crippen molar-refractivity contribution in [3.8, 4) is 11.8 Å². The largest absolute Gasteiger partial charge is 0.489 e. The molecule has 0 aliphatic rings. The predicted molar refractivity (Wildman–Crippen MR) is 97.6 cm³/mol. The molecule has 0 spiro atoms. The van der Waals surface area contributed by atoms with Crippen molar-refractivity contribution in [1.82, 2.24) is 0 Å². The van der Waals surface area contributed by atoms with Gasteiger partial charge >= 0.3 is 0 Å². The first-order valence-corrected chi connectivity index (χ1v) is 8.21. The normalized spacial score (nSPS) is 11.5. The standard InChI is InChI=1S/C18H16Cl2N2O3/c1-11(23)12-5-6-13(8-21)16(7-12)22-9-14(24)10-25-17-4-2-3-15(19)18(17)20/h2-7,14,22,24H,9-10H2,1H3. The number of rotatable bonds is 7. The minimum absolute atomic E-state index is 0.0126. The molecule has 0 aromatic heterocycles. The number of halogens is 2. The predicted octanol–water partition coefficient (Wildman–Crippen LogP) is 3.92. The molecule has 5 nitrogen and oxygen atoms in total. The first-order valence-electron chi connectivity index (χ1n) is 7.46. The van der Waals surface area contributed by atoms with Gasteiger partial charge in [0.25, 0.3) is 0 Å². The number of carbonyl (C=O) groups is 1. The van der Waals surface area contributed by atoms with Gasteiger partial charge in [0.15, 0.2) is 5.78 Å². The molecule has 2 aromatic rings. The Morgan fingerprint density at radius 2 is 2.12 bits per heavy atom. The first-order chi connectivity index (χ1) is 11.9. The van der Waals surface area contributed by atoms with Crippen molar-refractivity contribution >= 4 is 34.7 Å². The molecule has 0 aliphatic carbocycles. The van der Waals surface area contributed by atoms with Gasteiger partial charge in [-0.1, -0.05) is 29.3 Å². The van der Waals surface area contributed by atoms with Gasteiger partial charge in [-0.2, -0.15) is 5.26 Å². The van der Waals surface area contributed by atoms with Gasteiger partial charge in [0, 0.05) is 12.1 Å². The summed E-state index contributed by atoms with van der Waals surface area (Å²) < 4.78 is 5.46. The lowest BCUT2D eigenvalue weighted by atomic mass is 10.1. The molecule has 7 heteroatoms. The third kappa shape index (κ3) is 5.10. The second-order valence-electron chi connectivity index (χ2n) is 5.33. The number of carbonyl (C=O) groups excluding carboxylic acids is 1. The van der Waals surface area contributed by atoms with Crippen LogP contribution < -0.4 is 10.1 Å². The highest BCUT2D eigenvalue weighted by atomic mass is 35.5. The lowest BCUT2D eigenvalue weighted by molar-refractivity contribution is 0.101. The van der Waals surface area contributed by atoms with Crippen LogP contribution in [-0.2, 0) is 0 Å². The second-order valence-corrected chi connectivity index (χ2v) is 6.11. The number of nitrogens with one attached hydrogen (secondary N) is 1. The van der Waals surface area contributed by atoms with Crippen LogP contribution in [0.3, 0.4) is 0 Å². The van der Waals surface area contributed by atoms with E-state index in [1.54, 1.807) is 36.4 Å². The number of benzene rings is 2. The van der Waals surface area contributed by atoms with Gasteiger partial charge in [-0.25, -0.2) is 0 Å². The Hall–Kier alpha value is -2.26. The molecule has 0 fully saturated rings. The van der Waals surface area contributed by atoms with Crippen LogP contribution in [0, 0.1) is 11.3 Å². The Labute approximate surface area is 155 Å². The fourth-order valence-corrected chi connectivity index (χ4v) is 2.42. The number of aliphatic hydroxyl groups excluding tert-OH is 1. The molecule has 2 aromatic carbocycles. The van der Waals surface area contributed by atoms with E-state index in [4.69, 9.17) is 33.2 Å². The Kier molecular flexibility index (Phi) is 6.65. The van der Waals surface area contributed by atoms with E-state index in [1.807, 2.05) is 6.07 Å². The highest BCUT2D eigenvalue weighted by Gasteiger charge is 2.11. The summed E-state index contributed by atoms with van der Waals surface area (Å²) in [5, 5.41) is 22.8. The summed E-state index contributed by atoms with van der Waals surface area (Å²) in [7, 11) is 0. The summed E-state index contributed by atoms with van der Waals surface area (Å²) in [5.41, 5.74) is 1.35. The number of nitriles is 1. The number of hydrogen-bond donors (Lipinski definition) is 2. The third-order valence-corrected chi connectivity index (χ3v) is 4.22.